The van der Waals surface area contributed by atoms with Crippen molar-refractivity contribution in [2.75, 3.05) is 6.61 Å². The van der Waals surface area contributed by atoms with Crippen molar-refractivity contribution in [2.24, 2.45) is 0 Å². The summed E-state index contributed by atoms with van der Waals surface area (Å²) in [6.07, 6.45) is 1.78. The van der Waals surface area contributed by atoms with E-state index >= 15 is 0 Å². The molecule has 0 unspecified atom stereocenters. The van der Waals surface area contributed by atoms with Gasteiger partial charge in [0.1, 0.15) is 6.61 Å². The van der Waals surface area contributed by atoms with Crippen molar-refractivity contribution in [2.45, 2.75) is 13.5 Å². The molecule has 0 saturated heterocycles. The van der Waals surface area contributed by atoms with E-state index in [-0.39, 0.29) is 19.8 Å². The Morgan fingerprint density at radius 3 is 2.77 bits per heavy atom. The largest absolute Gasteiger partial charge is 0.390 e. The van der Waals surface area contributed by atoms with E-state index in [1.807, 2.05) is 12.1 Å². The van der Waals surface area contributed by atoms with Gasteiger partial charge in [-0.25, -0.2) is 0 Å². The number of Topliss-reactive ketones (excluding diaryl/α,β-unsaturated/α-hetero) is 1. The highest BCUT2D eigenvalue weighted by Gasteiger charge is 2.12. The first kappa shape index (κ1) is 11.8. The molecule has 1 rings (SSSR count). The average molecular weight is 181 g/mol. The molecule has 3 heteroatoms. The molecule has 72 valence electrons. The van der Waals surface area contributed by atoms with Crippen LogP contribution in [0.3, 0.4) is 0 Å². The fourth-order valence-corrected chi connectivity index (χ4v) is 1.10. The topological polar surface area (TPSA) is 41.2 Å². The third kappa shape index (κ3) is 2.95. The Bertz CT molecular complexity index is 284. The molecule has 0 saturated carbocycles. The standard InChI is InChI=1S/C9H12NO2.CH3/c1-8(12)9-4-2-3-5-10(9)6-7-11;/h2-5,11H,6-7H2,1H3;1H3/q+1;-1. The molecule has 1 aromatic rings. The van der Waals surface area contributed by atoms with Crippen LogP contribution in [0.15, 0.2) is 24.4 Å². The van der Waals surface area contributed by atoms with Crippen LogP contribution in [-0.4, -0.2) is 17.5 Å². The summed E-state index contributed by atoms with van der Waals surface area (Å²) in [6.45, 7) is 2.04. The number of hydrogen-bond acceptors (Lipinski definition) is 2. The Hall–Kier alpha value is -1.22. The Morgan fingerprint density at radius 2 is 2.23 bits per heavy atom. The molecule has 1 heterocycles. The molecule has 1 aromatic heterocycles. The Kier molecular flexibility index (Phi) is 4.92. The normalized spacial score (nSPS) is 9.08. The van der Waals surface area contributed by atoms with Crippen LogP contribution in [-0.2, 0) is 6.54 Å². The summed E-state index contributed by atoms with van der Waals surface area (Å²) in [5.41, 5.74) is 0.631. The quantitative estimate of drug-likeness (QED) is 0.422. The van der Waals surface area contributed by atoms with Crippen LogP contribution in [0, 0.1) is 7.43 Å². The van der Waals surface area contributed by atoms with E-state index in [1.165, 1.54) is 6.92 Å². The maximum Gasteiger partial charge on any atom is 0.248 e. The number of hydrogen-bond donors (Lipinski definition) is 1. The van der Waals surface area contributed by atoms with Gasteiger partial charge in [0.2, 0.25) is 11.5 Å². The van der Waals surface area contributed by atoms with E-state index in [0.29, 0.717) is 12.2 Å². The number of carbonyl (C=O) groups excluding carboxylic acids is 1. The summed E-state index contributed by atoms with van der Waals surface area (Å²) in [5.74, 6) is 0.0176. The van der Waals surface area contributed by atoms with Crippen LogP contribution in [0.2, 0.25) is 0 Å². The molecular weight excluding hydrogens is 166 g/mol. The van der Waals surface area contributed by atoms with Gasteiger partial charge in [0.25, 0.3) is 0 Å². The van der Waals surface area contributed by atoms with E-state index < -0.39 is 0 Å². The number of nitrogens with zero attached hydrogens (tertiary/aromatic N) is 1. The minimum absolute atomic E-state index is 0. The summed E-state index contributed by atoms with van der Waals surface area (Å²) in [5, 5.41) is 8.69. The number of pyridine rings is 1. The van der Waals surface area contributed by atoms with Gasteiger partial charge in [-0.1, -0.05) is 0 Å². The summed E-state index contributed by atoms with van der Waals surface area (Å²) >= 11 is 0. The third-order valence-corrected chi connectivity index (χ3v) is 1.64. The zero-order chi connectivity index (χ0) is 8.97. The summed E-state index contributed by atoms with van der Waals surface area (Å²) in [4.78, 5) is 11.0. The number of aliphatic hydroxyl groups excluding tert-OH is 1. The second kappa shape index (κ2) is 5.43. The zero-order valence-electron chi connectivity index (χ0n) is 8.03. The molecule has 0 spiro atoms. The molecule has 0 aliphatic heterocycles. The van der Waals surface area contributed by atoms with Crippen LogP contribution in [0.5, 0.6) is 0 Å². The Labute approximate surface area is 78.6 Å². The molecule has 3 nitrogen and oxygen atoms in total. The Balaban J connectivity index is 0.00000144. The molecule has 13 heavy (non-hydrogen) atoms. The van der Waals surface area contributed by atoms with Gasteiger partial charge in [-0.15, -0.1) is 0 Å². The smallest absolute Gasteiger partial charge is 0.248 e. The third-order valence-electron chi connectivity index (χ3n) is 1.64. The molecule has 0 amide bonds. The maximum atomic E-state index is 11.0. The van der Waals surface area contributed by atoms with Crippen molar-refractivity contribution in [3.63, 3.8) is 0 Å². The van der Waals surface area contributed by atoms with E-state index in [0.717, 1.165) is 0 Å². The second-order valence-corrected chi connectivity index (χ2v) is 2.56. The first-order chi connectivity index (χ1) is 5.75. The molecule has 0 radical (unpaired) electrons. The van der Waals surface area contributed by atoms with Gasteiger partial charge in [0.15, 0.2) is 12.7 Å². The van der Waals surface area contributed by atoms with Gasteiger partial charge in [-0.3, -0.25) is 4.79 Å². The van der Waals surface area contributed by atoms with Crippen molar-refractivity contribution in [3.8, 4) is 0 Å². The first-order valence-corrected chi connectivity index (χ1v) is 3.86. The summed E-state index contributed by atoms with van der Waals surface area (Å²) < 4.78 is 1.74. The lowest BCUT2D eigenvalue weighted by Gasteiger charge is -1.97. The van der Waals surface area contributed by atoms with Crippen LogP contribution in [0.25, 0.3) is 0 Å². The summed E-state index contributed by atoms with van der Waals surface area (Å²) in [6, 6.07) is 5.39. The minimum Gasteiger partial charge on any atom is -0.390 e. The van der Waals surface area contributed by atoms with Crippen molar-refractivity contribution in [1.82, 2.24) is 0 Å². The molecule has 0 atom stereocenters. The minimum atomic E-state index is 0. The van der Waals surface area contributed by atoms with Crippen LogP contribution >= 0.6 is 0 Å². The lowest BCUT2D eigenvalue weighted by atomic mass is 10.2. The SMILES string of the molecule is CC(=O)c1cccc[n+]1CCO.[CH3-]. The zero-order valence-corrected chi connectivity index (χ0v) is 8.03. The molecule has 0 aliphatic carbocycles. The van der Waals surface area contributed by atoms with Crippen LogP contribution in [0.4, 0.5) is 0 Å². The fraction of sp³-hybridized carbons (Fsp3) is 0.300. The lowest BCUT2D eigenvalue weighted by Crippen LogP contribution is -2.40. The average Bonchev–Trinajstić information content (AvgIpc) is 2.05. The predicted molar refractivity (Wildman–Crippen MR) is 50.1 cm³/mol. The van der Waals surface area contributed by atoms with E-state index in [4.69, 9.17) is 5.11 Å². The van der Waals surface area contributed by atoms with E-state index in [2.05, 4.69) is 0 Å². The van der Waals surface area contributed by atoms with Crippen LogP contribution < -0.4 is 4.57 Å². The van der Waals surface area contributed by atoms with Gasteiger partial charge >= 0.3 is 0 Å². The lowest BCUT2D eigenvalue weighted by molar-refractivity contribution is -0.699. The van der Waals surface area contributed by atoms with Gasteiger partial charge in [0.05, 0.1) is 0 Å². The van der Waals surface area contributed by atoms with E-state index in [1.54, 1.807) is 16.8 Å². The van der Waals surface area contributed by atoms with Crippen molar-refractivity contribution >= 4 is 5.78 Å². The van der Waals surface area contributed by atoms with Crippen molar-refractivity contribution in [1.29, 1.82) is 0 Å². The molecular formula is C10H15NO2. The van der Waals surface area contributed by atoms with Crippen LogP contribution in [0.1, 0.15) is 17.4 Å². The van der Waals surface area contributed by atoms with Crippen molar-refractivity contribution in [3.05, 3.63) is 37.5 Å². The molecule has 0 aliphatic rings. The highest BCUT2D eigenvalue weighted by Crippen LogP contribution is 1.91. The second-order valence-electron chi connectivity index (χ2n) is 2.56. The highest BCUT2D eigenvalue weighted by molar-refractivity contribution is 5.90. The van der Waals surface area contributed by atoms with Gasteiger partial charge in [0, 0.05) is 19.1 Å². The number of carbonyl (C=O) groups is 1. The van der Waals surface area contributed by atoms with Gasteiger partial charge in [-0.05, 0) is 6.07 Å². The highest BCUT2D eigenvalue weighted by atomic mass is 16.3. The predicted octanol–water partition coefficient (Wildman–Crippen LogP) is 0.619. The van der Waals surface area contributed by atoms with Gasteiger partial charge in [-0.2, -0.15) is 4.57 Å². The fourth-order valence-electron chi connectivity index (χ4n) is 1.10. The van der Waals surface area contributed by atoms with E-state index in [9.17, 15) is 4.79 Å². The first-order valence-electron chi connectivity index (χ1n) is 3.86. The van der Waals surface area contributed by atoms with Crippen molar-refractivity contribution < 1.29 is 14.5 Å². The van der Waals surface area contributed by atoms with Gasteiger partial charge < -0.3 is 12.5 Å². The molecule has 0 bridgehead atoms. The molecule has 0 aromatic carbocycles. The molecule has 1 N–H and O–H groups in total. The Morgan fingerprint density at radius 1 is 1.54 bits per heavy atom. The molecule has 0 fully saturated rings. The monoisotopic (exact) mass is 181 g/mol. The number of ketones is 1. The number of rotatable bonds is 3. The summed E-state index contributed by atoms with van der Waals surface area (Å²) in [7, 11) is 0. The number of aromatic nitrogens is 1. The maximum absolute atomic E-state index is 11.0. The number of aliphatic hydroxyl groups is 1.